The van der Waals surface area contributed by atoms with E-state index in [1.165, 1.54) is 0 Å². The van der Waals surface area contributed by atoms with Gasteiger partial charge in [0.2, 0.25) is 0 Å². The Morgan fingerprint density at radius 2 is 2.12 bits per heavy atom. The molecule has 1 aliphatic rings. The number of hydrogen-bond acceptors (Lipinski definition) is 3. The van der Waals surface area contributed by atoms with Crippen LogP contribution in [-0.2, 0) is 4.74 Å². The van der Waals surface area contributed by atoms with Gasteiger partial charge >= 0.3 is 6.18 Å². The highest BCUT2D eigenvalue weighted by Crippen LogP contribution is 2.24. The van der Waals surface area contributed by atoms with Crippen LogP contribution in [0.25, 0.3) is 0 Å². The van der Waals surface area contributed by atoms with Gasteiger partial charge in [-0.1, -0.05) is 13.8 Å². The minimum absolute atomic E-state index is 0.0967. The van der Waals surface area contributed by atoms with Crippen molar-refractivity contribution < 1.29 is 17.9 Å². The number of ether oxygens (including phenoxy) is 1. The predicted molar refractivity (Wildman–Crippen MR) is 59.9 cm³/mol. The van der Waals surface area contributed by atoms with Gasteiger partial charge in [0.05, 0.1) is 6.61 Å². The molecule has 0 spiro atoms. The third kappa shape index (κ3) is 5.70. The molecule has 0 bridgehead atoms. The summed E-state index contributed by atoms with van der Waals surface area (Å²) in [6.07, 6.45) is -3.24. The van der Waals surface area contributed by atoms with E-state index in [2.05, 4.69) is 29.2 Å². The molecule has 0 aromatic rings. The molecule has 6 heteroatoms. The van der Waals surface area contributed by atoms with Crippen molar-refractivity contribution in [3.8, 4) is 0 Å². The van der Waals surface area contributed by atoms with E-state index >= 15 is 0 Å². The molecule has 1 unspecified atom stereocenters. The molecule has 1 saturated heterocycles. The molecule has 2 N–H and O–H groups in total. The predicted octanol–water partition coefficient (Wildman–Crippen LogP) is 1.54. The van der Waals surface area contributed by atoms with E-state index in [-0.39, 0.29) is 12.0 Å². The molecule has 0 aliphatic carbocycles. The van der Waals surface area contributed by atoms with E-state index in [4.69, 9.17) is 0 Å². The van der Waals surface area contributed by atoms with Gasteiger partial charge in [-0.05, 0) is 18.4 Å². The zero-order valence-electron chi connectivity index (χ0n) is 10.4. The average molecular weight is 254 g/mol. The van der Waals surface area contributed by atoms with Crippen LogP contribution < -0.4 is 10.6 Å². The SMILES string of the molecule is CC1(C)CNCCC1NCCOCC(F)(F)F. The molecule has 102 valence electrons. The van der Waals surface area contributed by atoms with Crippen LogP contribution in [0.3, 0.4) is 0 Å². The van der Waals surface area contributed by atoms with Crippen molar-refractivity contribution in [2.45, 2.75) is 32.5 Å². The zero-order chi connectivity index (χ0) is 12.9. The summed E-state index contributed by atoms with van der Waals surface area (Å²) in [5.41, 5.74) is 0.127. The first-order valence-corrected chi connectivity index (χ1v) is 5.90. The lowest BCUT2D eigenvalue weighted by molar-refractivity contribution is -0.173. The van der Waals surface area contributed by atoms with Crippen molar-refractivity contribution >= 4 is 0 Å². The summed E-state index contributed by atoms with van der Waals surface area (Å²) in [7, 11) is 0. The van der Waals surface area contributed by atoms with Crippen molar-refractivity contribution in [3.05, 3.63) is 0 Å². The first-order chi connectivity index (χ1) is 7.81. The van der Waals surface area contributed by atoms with E-state index < -0.39 is 12.8 Å². The lowest BCUT2D eigenvalue weighted by Gasteiger charge is -2.39. The fraction of sp³-hybridized carbons (Fsp3) is 1.00. The Bertz CT molecular complexity index is 231. The summed E-state index contributed by atoms with van der Waals surface area (Å²) >= 11 is 0. The number of halogens is 3. The molecule has 1 fully saturated rings. The molecular formula is C11H21F3N2O. The van der Waals surface area contributed by atoms with E-state index in [0.29, 0.717) is 12.6 Å². The zero-order valence-corrected chi connectivity index (χ0v) is 10.4. The molecule has 0 saturated carbocycles. The highest BCUT2D eigenvalue weighted by molar-refractivity contribution is 4.90. The van der Waals surface area contributed by atoms with Gasteiger partial charge in [-0.3, -0.25) is 0 Å². The molecule has 3 nitrogen and oxygen atoms in total. The third-order valence-corrected chi connectivity index (χ3v) is 3.04. The monoisotopic (exact) mass is 254 g/mol. The summed E-state index contributed by atoms with van der Waals surface area (Å²) in [5.74, 6) is 0. The number of nitrogens with one attached hydrogen (secondary N) is 2. The quantitative estimate of drug-likeness (QED) is 0.730. The molecule has 1 atom stereocenters. The number of alkyl halides is 3. The molecule has 0 amide bonds. The van der Waals surface area contributed by atoms with Gasteiger partial charge in [0, 0.05) is 19.1 Å². The van der Waals surface area contributed by atoms with Gasteiger partial charge in [0.1, 0.15) is 6.61 Å². The fourth-order valence-electron chi connectivity index (χ4n) is 2.04. The standard InChI is InChI=1S/C11H21F3N2O/c1-10(2)7-15-4-3-9(10)16-5-6-17-8-11(12,13)14/h9,15-16H,3-8H2,1-2H3. The highest BCUT2D eigenvalue weighted by atomic mass is 19.4. The Balaban J connectivity index is 2.13. The maximum absolute atomic E-state index is 11.8. The van der Waals surface area contributed by atoms with Crippen LogP contribution in [-0.4, -0.2) is 45.1 Å². The van der Waals surface area contributed by atoms with Crippen molar-refractivity contribution in [2.24, 2.45) is 5.41 Å². The van der Waals surface area contributed by atoms with Crippen LogP contribution >= 0.6 is 0 Å². The molecule has 1 aliphatic heterocycles. The minimum atomic E-state index is -4.23. The first kappa shape index (κ1) is 14.7. The van der Waals surface area contributed by atoms with E-state index in [1.807, 2.05) is 0 Å². The van der Waals surface area contributed by atoms with Crippen molar-refractivity contribution in [2.75, 3.05) is 32.8 Å². The van der Waals surface area contributed by atoms with Crippen LogP contribution in [0.2, 0.25) is 0 Å². The average Bonchev–Trinajstić information content (AvgIpc) is 2.17. The Labute approximate surface area is 100 Å². The second-order valence-corrected chi connectivity index (χ2v) is 5.13. The Kier molecular flexibility index (Phi) is 5.22. The summed E-state index contributed by atoms with van der Waals surface area (Å²) in [6.45, 7) is 5.56. The number of rotatable bonds is 5. The lowest BCUT2D eigenvalue weighted by Crippen LogP contribution is -2.53. The first-order valence-electron chi connectivity index (χ1n) is 5.90. The van der Waals surface area contributed by atoms with Gasteiger partial charge in [-0.2, -0.15) is 13.2 Å². The minimum Gasteiger partial charge on any atom is -0.371 e. The maximum Gasteiger partial charge on any atom is 0.411 e. The van der Waals surface area contributed by atoms with Gasteiger partial charge in [-0.25, -0.2) is 0 Å². The van der Waals surface area contributed by atoms with Crippen molar-refractivity contribution in [1.82, 2.24) is 10.6 Å². The second-order valence-electron chi connectivity index (χ2n) is 5.13. The van der Waals surface area contributed by atoms with Crippen molar-refractivity contribution in [3.63, 3.8) is 0 Å². The summed E-state index contributed by atoms with van der Waals surface area (Å²) in [4.78, 5) is 0. The van der Waals surface area contributed by atoms with Gasteiger partial charge in [0.25, 0.3) is 0 Å². The molecular weight excluding hydrogens is 233 g/mol. The molecule has 0 aromatic carbocycles. The maximum atomic E-state index is 11.8. The van der Waals surface area contributed by atoms with Crippen molar-refractivity contribution in [1.29, 1.82) is 0 Å². The third-order valence-electron chi connectivity index (χ3n) is 3.04. The molecule has 0 aromatic heterocycles. The Morgan fingerprint density at radius 3 is 2.71 bits per heavy atom. The van der Waals surface area contributed by atoms with Crippen LogP contribution in [0, 0.1) is 5.41 Å². The fourth-order valence-corrected chi connectivity index (χ4v) is 2.04. The van der Waals surface area contributed by atoms with Gasteiger partial charge in [-0.15, -0.1) is 0 Å². The molecule has 1 heterocycles. The highest BCUT2D eigenvalue weighted by Gasteiger charge is 2.31. The summed E-state index contributed by atoms with van der Waals surface area (Å²) in [5, 5.41) is 6.57. The Hall–Kier alpha value is -0.330. The van der Waals surface area contributed by atoms with Gasteiger partial charge in [0.15, 0.2) is 0 Å². The van der Waals surface area contributed by atoms with Gasteiger partial charge < -0.3 is 15.4 Å². The second kappa shape index (κ2) is 6.02. The molecule has 17 heavy (non-hydrogen) atoms. The summed E-state index contributed by atoms with van der Waals surface area (Å²) in [6, 6.07) is 0.332. The number of piperidine rings is 1. The van der Waals surface area contributed by atoms with Crippen LogP contribution in [0.15, 0.2) is 0 Å². The van der Waals surface area contributed by atoms with E-state index in [9.17, 15) is 13.2 Å². The van der Waals surface area contributed by atoms with E-state index in [1.54, 1.807) is 0 Å². The normalized spacial score (nSPS) is 24.9. The van der Waals surface area contributed by atoms with E-state index in [0.717, 1.165) is 19.5 Å². The smallest absolute Gasteiger partial charge is 0.371 e. The summed E-state index contributed by atoms with van der Waals surface area (Å²) < 4.78 is 40.0. The lowest BCUT2D eigenvalue weighted by atomic mass is 9.80. The van der Waals surface area contributed by atoms with Crippen LogP contribution in [0.1, 0.15) is 20.3 Å². The van der Waals surface area contributed by atoms with Crippen LogP contribution in [0.4, 0.5) is 13.2 Å². The molecule has 1 rings (SSSR count). The Morgan fingerprint density at radius 1 is 1.41 bits per heavy atom. The number of hydrogen-bond donors (Lipinski definition) is 2. The van der Waals surface area contributed by atoms with Crippen LogP contribution in [0.5, 0.6) is 0 Å². The topological polar surface area (TPSA) is 33.3 Å². The molecule has 0 radical (unpaired) electrons. The largest absolute Gasteiger partial charge is 0.411 e.